The second-order valence-electron chi connectivity index (χ2n) is 15.0. The fraction of sp³-hybridized carbons (Fsp3) is 0. The first-order chi connectivity index (χ1) is 29.2. The third kappa shape index (κ3) is 5.55. The van der Waals surface area contributed by atoms with E-state index in [-0.39, 0.29) is 0 Å². The average molecular weight is 753 g/mol. The summed E-state index contributed by atoms with van der Waals surface area (Å²) in [7, 11) is 0. The molecule has 5 heteroatoms. The van der Waals surface area contributed by atoms with Gasteiger partial charge in [0.15, 0.2) is 17.5 Å². The number of rotatable bonds is 5. The summed E-state index contributed by atoms with van der Waals surface area (Å²) in [6.45, 7) is 0. The molecule has 0 radical (unpaired) electrons. The van der Waals surface area contributed by atoms with Crippen LogP contribution in [0.25, 0.3) is 122 Å². The highest BCUT2D eigenvalue weighted by molar-refractivity contribution is 6.29. The SMILES string of the molecule is c1ccc(-c2nc3ccccc3c3c2ccc2oc4c(-c5ccc(-c6nc(-c7ccc8ccccc8c7)nc(-c7ccc8ccccc8c7)n6)cc5)cccc4c23)cc1. The minimum Gasteiger partial charge on any atom is -0.455 e. The summed E-state index contributed by atoms with van der Waals surface area (Å²) in [4.78, 5) is 20.4. The summed E-state index contributed by atoms with van der Waals surface area (Å²) >= 11 is 0. The molecule has 0 bridgehead atoms. The highest BCUT2D eigenvalue weighted by atomic mass is 16.3. The van der Waals surface area contributed by atoms with Gasteiger partial charge in [0.05, 0.1) is 11.2 Å². The Morgan fingerprint density at radius 2 is 0.881 bits per heavy atom. The number of furan rings is 1. The smallest absolute Gasteiger partial charge is 0.164 e. The van der Waals surface area contributed by atoms with Crippen LogP contribution in [-0.4, -0.2) is 19.9 Å². The molecule has 0 atom stereocenters. The van der Waals surface area contributed by atoms with Crippen LogP contribution in [-0.2, 0) is 0 Å². The molecule has 0 unspecified atom stereocenters. The lowest BCUT2D eigenvalue weighted by Crippen LogP contribution is -2.00. The van der Waals surface area contributed by atoms with Gasteiger partial charge in [-0.3, -0.25) is 0 Å². The standard InChI is InChI=1S/C54H32N4O/c1-2-13-36(14-3-1)50-44-29-30-47-49(48(44)43-17-8-9-20-46(43)55-50)45-19-10-18-42(51(45)59-47)35-23-25-37(26-24-35)52-56-53(40-27-21-33-11-4-6-15-38(33)31-40)58-54(57-52)41-28-22-34-12-5-7-16-39(34)32-41/h1-32H. The van der Waals surface area contributed by atoms with E-state index in [0.29, 0.717) is 17.5 Å². The van der Waals surface area contributed by atoms with Gasteiger partial charge in [0, 0.05) is 54.7 Å². The zero-order chi connectivity index (χ0) is 38.9. The Morgan fingerprint density at radius 1 is 0.322 bits per heavy atom. The summed E-state index contributed by atoms with van der Waals surface area (Å²) in [6.07, 6.45) is 0. The number of aromatic nitrogens is 4. The van der Waals surface area contributed by atoms with Gasteiger partial charge in [0.25, 0.3) is 0 Å². The topological polar surface area (TPSA) is 64.7 Å². The summed E-state index contributed by atoms with van der Waals surface area (Å²) in [5, 5.41) is 10.1. The van der Waals surface area contributed by atoms with Crippen LogP contribution in [0.3, 0.4) is 0 Å². The predicted octanol–water partition coefficient (Wildman–Crippen LogP) is 14.1. The van der Waals surface area contributed by atoms with E-state index >= 15 is 0 Å². The Bertz CT molecular complexity index is 3510. The molecule has 0 saturated heterocycles. The molecular weight excluding hydrogens is 721 g/mol. The van der Waals surface area contributed by atoms with Gasteiger partial charge in [-0.1, -0.05) is 164 Å². The summed E-state index contributed by atoms with van der Waals surface area (Å²) in [5.41, 5.74) is 9.54. The normalized spacial score (nSPS) is 11.7. The Balaban J connectivity index is 0.998. The Morgan fingerprint density at radius 3 is 1.58 bits per heavy atom. The maximum absolute atomic E-state index is 6.79. The maximum Gasteiger partial charge on any atom is 0.164 e. The monoisotopic (exact) mass is 752 g/mol. The molecule has 0 aliphatic rings. The second-order valence-corrected chi connectivity index (χ2v) is 15.0. The number of pyridine rings is 1. The van der Waals surface area contributed by atoms with Crippen LogP contribution in [0.1, 0.15) is 0 Å². The molecule has 3 heterocycles. The lowest BCUT2D eigenvalue weighted by molar-refractivity contribution is 0.670. The van der Waals surface area contributed by atoms with Crippen molar-refractivity contribution in [2.75, 3.05) is 0 Å². The molecule has 59 heavy (non-hydrogen) atoms. The van der Waals surface area contributed by atoms with Gasteiger partial charge in [-0.2, -0.15) is 0 Å². The van der Waals surface area contributed by atoms with Crippen LogP contribution in [0.5, 0.6) is 0 Å². The molecule has 0 saturated carbocycles. The lowest BCUT2D eigenvalue weighted by atomic mass is 9.95. The fourth-order valence-corrected chi connectivity index (χ4v) is 8.59. The van der Waals surface area contributed by atoms with E-state index in [1.54, 1.807) is 0 Å². The van der Waals surface area contributed by atoms with E-state index < -0.39 is 0 Å². The first-order valence-corrected chi connectivity index (χ1v) is 19.8. The van der Waals surface area contributed by atoms with Crippen molar-refractivity contribution in [2.24, 2.45) is 0 Å². The molecule has 9 aromatic carbocycles. The minimum atomic E-state index is 0.612. The van der Waals surface area contributed by atoms with Crippen LogP contribution in [0, 0.1) is 0 Å². The Labute approximate surface area is 338 Å². The van der Waals surface area contributed by atoms with Gasteiger partial charge in [-0.15, -0.1) is 0 Å². The van der Waals surface area contributed by atoms with Crippen molar-refractivity contribution >= 4 is 65.2 Å². The van der Waals surface area contributed by atoms with Gasteiger partial charge in [0.2, 0.25) is 0 Å². The van der Waals surface area contributed by atoms with Crippen molar-refractivity contribution in [3.63, 3.8) is 0 Å². The van der Waals surface area contributed by atoms with Crippen molar-refractivity contribution in [3.8, 4) is 56.5 Å². The average Bonchev–Trinajstić information content (AvgIpc) is 3.70. The van der Waals surface area contributed by atoms with Gasteiger partial charge in [-0.05, 0) is 57.4 Å². The van der Waals surface area contributed by atoms with Crippen LogP contribution >= 0.6 is 0 Å². The summed E-state index contributed by atoms with van der Waals surface area (Å²) in [6, 6.07) is 67.4. The molecule has 0 N–H and O–H groups in total. The van der Waals surface area contributed by atoms with Crippen molar-refractivity contribution in [3.05, 3.63) is 194 Å². The largest absolute Gasteiger partial charge is 0.455 e. The molecule has 274 valence electrons. The number of hydrogen-bond donors (Lipinski definition) is 0. The van der Waals surface area contributed by atoms with Gasteiger partial charge in [0.1, 0.15) is 11.2 Å². The predicted molar refractivity (Wildman–Crippen MR) is 242 cm³/mol. The molecule has 0 aliphatic heterocycles. The highest BCUT2D eigenvalue weighted by Gasteiger charge is 2.20. The van der Waals surface area contributed by atoms with Crippen LogP contribution in [0.15, 0.2) is 199 Å². The third-order valence-electron chi connectivity index (χ3n) is 11.5. The van der Waals surface area contributed by atoms with Crippen molar-refractivity contribution < 1.29 is 4.42 Å². The molecule has 0 fully saturated rings. The lowest BCUT2D eigenvalue weighted by Gasteiger charge is -2.11. The molecule has 0 aliphatic carbocycles. The van der Waals surface area contributed by atoms with E-state index in [2.05, 4.69) is 188 Å². The molecule has 12 rings (SSSR count). The highest BCUT2D eigenvalue weighted by Crippen LogP contribution is 2.43. The maximum atomic E-state index is 6.79. The van der Waals surface area contributed by atoms with E-state index in [4.69, 9.17) is 24.4 Å². The summed E-state index contributed by atoms with van der Waals surface area (Å²) < 4.78 is 6.79. The second kappa shape index (κ2) is 13.3. The number of hydrogen-bond acceptors (Lipinski definition) is 5. The van der Waals surface area contributed by atoms with E-state index in [1.165, 1.54) is 10.8 Å². The Hall–Kier alpha value is -8.02. The van der Waals surface area contributed by atoms with Gasteiger partial charge >= 0.3 is 0 Å². The van der Waals surface area contributed by atoms with Crippen LogP contribution in [0.4, 0.5) is 0 Å². The van der Waals surface area contributed by atoms with Crippen molar-refractivity contribution in [1.82, 2.24) is 19.9 Å². The first-order valence-electron chi connectivity index (χ1n) is 19.8. The number of para-hydroxylation sites is 2. The van der Waals surface area contributed by atoms with Crippen LogP contribution < -0.4 is 0 Å². The quantitative estimate of drug-likeness (QED) is 0.164. The third-order valence-corrected chi connectivity index (χ3v) is 11.5. The molecule has 0 spiro atoms. The number of benzene rings is 9. The van der Waals surface area contributed by atoms with Crippen molar-refractivity contribution in [1.29, 1.82) is 0 Å². The zero-order valence-electron chi connectivity index (χ0n) is 31.7. The number of nitrogens with zero attached hydrogens (tertiary/aromatic N) is 4. The number of fused-ring (bicyclic) bond motifs is 9. The summed E-state index contributed by atoms with van der Waals surface area (Å²) in [5.74, 6) is 1.87. The van der Waals surface area contributed by atoms with E-state index in [1.807, 2.05) is 6.07 Å². The fourth-order valence-electron chi connectivity index (χ4n) is 8.59. The molecule has 12 aromatic rings. The Kier molecular flexibility index (Phi) is 7.47. The first kappa shape index (κ1) is 33.2. The minimum absolute atomic E-state index is 0.612. The molecular formula is C54H32N4O. The molecule has 3 aromatic heterocycles. The van der Waals surface area contributed by atoms with Crippen LogP contribution in [0.2, 0.25) is 0 Å². The van der Waals surface area contributed by atoms with E-state index in [9.17, 15) is 0 Å². The van der Waals surface area contributed by atoms with E-state index in [0.717, 1.165) is 93.5 Å². The molecule has 5 nitrogen and oxygen atoms in total. The molecule has 0 amide bonds. The zero-order valence-corrected chi connectivity index (χ0v) is 31.7. The van der Waals surface area contributed by atoms with Crippen molar-refractivity contribution in [2.45, 2.75) is 0 Å². The van der Waals surface area contributed by atoms with Gasteiger partial charge < -0.3 is 4.42 Å². The van der Waals surface area contributed by atoms with Gasteiger partial charge in [-0.25, -0.2) is 19.9 Å².